The molecule has 1 aliphatic heterocycles. The van der Waals surface area contributed by atoms with Crippen LogP contribution in [-0.2, 0) is 4.79 Å². The van der Waals surface area contributed by atoms with E-state index >= 15 is 0 Å². The number of nitrogens with one attached hydrogen (secondary N) is 2. The Kier molecular flexibility index (Phi) is 8.06. The average molecular weight is 254 g/mol. The fourth-order valence-electron chi connectivity index (χ4n) is 2.58. The number of carbonyl (C=O) groups is 1. The highest BCUT2D eigenvalue weighted by Crippen LogP contribution is 2.10. The van der Waals surface area contributed by atoms with E-state index < -0.39 is 0 Å². The summed E-state index contributed by atoms with van der Waals surface area (Å²) in [5, 5.41) is 6.47. The van der Waals surface area contributed by atoms with E-state index in [1.54, 1.807) is 0 Å². The van der Waals surface area contributed by atoms with E-state index in [4.69, 9.17) is 0 Å². The van der Waals surface area contributed by atoms with Crippen molar-refractivity contribution in [1.82, 2.24) is 10.6 Å². The lowest BCUT2D eigenvalue weighted by molar-refractivity contribution is -0.123. The summed E-state index contributed by atoms with van der Waals surface area (Å²) in [4.78, 5) is 11.8. The smallest absolute Gasteiger partial charge is 0.237 e. The molecule has 0 aliphatic carbocycles. The van der Waals surface area contributed by atoms with E-state index in [2.05, 4.69) is 24.5 Å². The minimum Gasteiger partial charge on any atom is -0.355 e. The molecular weight excluding hydrogens is 224 g/mol. The van der Waals surface area contributed by atoms with Gasteiger partial charge in [0.2, 0.25) is 5.91 Å². The van der Waals surface area contributed by atoms with Crippen LogP contribution in [0.1, 0.15) is 71.6 Å². The van der Waals surface area contributed by atoms with Crippen molar-refractivity contribution in [3.8, 4) is 0 Å². The first-order chi connectivity index (χ1) is 8.74. The zero-order valence-corrected chi connectivity index (χ0v) is 12.1. The normalized spacial score (nSPS) is 22.3. The van der Waals surface area contributed by atoms with Crippen LogP contribution in [0, 0.1) is 0 Å². The van der Waals surface area contributed by atoms with Gasteiger partial charge in [-0.15, -0.1) is 0 Å². The third-order valence-corrected chi connectivity index (χ3v) is 3.76. The van der Waals surface area contributed by atoms with Crippen molar-refractivity contribution < 1.29 is 4.79 Å². The largest absolute Gasteiger partial charge is 0.355 e. The number of amides is 1. The molecule has 0 aromatic heterocycles. The van der Waals surface area contributed by atoms with Crippen LogP contribution in [0.25, 0.3) is 0 Å². The van der Waals surface area contributed by atoms with E-state index in [0.717, 1.165) is 25.8 Å². The summed E-state index contributed by atoms with van der Waals surface area (Å²) in [5.41, 5.74) is 0. The first-order valence-electron chi connectivity index (χ1n) is 7.77. The second-order valence-corrected chi connectivity index (χ2v) is 5.61. The molecule has 3 heteroatoms. The zero-order chi connectivity index (χ0) is 13.2. The molecule has 0 saturated carbocycles. The lowest BCUT2D eigenvalue weighted by Crippen LogP contribution is -2.46. The molecule has 1 heterocycles. The monoisotopic (exact) mass is 254 g/mol. The van der Waals surface area contributed by atoms with Crippen LogP contribution >= 0.6 is 0 Å². The number of hydrogen-bond donors (Lipinski definition) is 2. The van der Waals surface area contributed by atoms with Gasteiger partial charge in [-0.25, -0.2) is 0 Å². The molecule has 0 radical (unpaired) electrons. The first kappa shape index (κ1) is 15.5. The van der Waals surface area contributed by atoms with Gasteiger partial charge in [-0.1, -0.05) is 39.0 Å². The molecule has 2 unspecified atom stereocenters. The molecule has 0 spiro atoms. The summed E-state index contributed by atoms with van der Waals surface area (Å²) >= 11 is 0. The topological polar surface area (TPSA) is 41.1 Å². The Bertz CT molecular complexity index is 231. The van der Waals surface area contributed by atoms with Gasteiger partial charge in [0.15, 0.2) is 0 Å². The summed E-state index contributed by atoms with van der Waals surface area (Å²) in [6, 6.07) is 0.499. The maximum absolute atomic E-state index is 11.8. The van der Waals surface area contributed by atoms with Crippen molar-refractivity contribution in [2.75, 3.05) is 6.54 Å². The molecule has 1 aliphatic rings. The van der Waals surface area contributed by atoms with Crippen molar-refractivity contribution in [3.05, 3.63) is 0 Å². The summed E-state index contributed by atoms with van der Waals surface area (Å²) in [7, 11) is 0. The van der Waals surface area contributed by atoms with E-state index in [1.807, 2.05) is 0 Å². The first-order valence-corrected chi connectivity index (χ1v) is 7.77. The van der Waals surface area contributed by atoms with Gasteiger partial charge in [0.1, 0.15) is 0 Å². The van der Waals surface area contributed by atoms with Crippen LogP contribution in [0.15, 0.2) is 0 Å². The second-order valence-electron chi connectivity index (χ2n) is 5.61. The van der Waals surface area contributed by atoms with Crippen molar-refractivity contribution in [1.29, 1.82) is 0 Å². The van der Waals surface area contributed by atoms with Crippen LogP contribution in [0.4, 0.5) is 0 Å². The van der Waals surface area contributed by atoms with E-state index in [1.165, 1.54) is 38.5 Å². The van der Waals surface area contributed by atoms with Crippen LogP contribution in [0.3, 0.4) is 0 Å². The Morgan fingerprint density at radius 3 is 2.83 bits per heavy atom. The molecule has 1 fully saturated rings. The third kappa shape index (κ3) is 6.39. The molecule has 3 nitrogen and oxygen atoms in total. The molecule has 0 aromatic carbocycles. The van der Waals surface area contributed by atoms with Gasteiger partial charge >= 0.3 is 0 Å². The molecule has 2 atom stereocenters. The highest BCUT2D eigenvalue weighted by atomic mass is 16.2. The molecule has 1 amide bonds. The van der Waals surface area contributed by atoms with Gasteiger partial charge in [0.05, 0.1) is 6.04 Å². The van der Waals surface area contributed by atoms with Gasteiger partial charge in [0.25, 0.3) is 0 Å². The van der Waals surface area contributed by atoms with Crippen molar-refractivity contribution in [2.45, 2.75) is 83.7 Å². The standard InChI is InChI=1S/C15H30N2O/c1-3-4-5-6-7-10-13(2)17-14-11-8-9-12-16-15(14)18/h13-14,17H,3-12H2,1-2H3,(H,16,18). The van der Waals surface area contributed by atoms with Crippen molar-refractivity contribution in [3.63, 3.8) is 0 Å². The molecule has 0 bridgehead atoms. The lowest BCUT2D eigenvalue weighted by Gasteiger charge is -2.20. The number of carbonyl (C=O) groups excluding carboxylic acids is 1. The number of hydrogen-bond acceptors (Lipinski definition) is 2. The molecule has 0 aromatic rings. The summed E-state index contributed by atoms with van der Waals surface area (Å²) in [6.45, 7) is 5.30. The summed E-state index contributed by atoms with van der Waals surface area (Å²) in [5.74, 6) is 0.199. The van der Waals surface area contributed by atoms with Gasteiger partial charge in [0, 0.05) is 12.6 Å². The maximum atomic E-state index is 11.8. The Hall–Kier alpha value is -0.570. The van der Waals surface area contributed by atoms with E-state index in [0.29, 0.717) is 6.04 Å². The molecular formula is C15H30N2O. The fraction of sp³-hybridized carbons (Fsp3) is 0.933. The van der Waals surface area contributed by atoms with Crippen molar-refractivity contribution >= 4 is 5.91 Å². The second kappa shape index (κ2) is 9.37. The van der Waals surface area contributed by atoms with Crippen molar-refractivity contribution in [2.24, 2.45) is 0 Å². The van der Waals surface area contributed by atoms with Crippen LogP contribution < -0.4 is 10.6 Å². The highest BCUT2D eigenvalue weighted by Gasteiger charge is 2.21. The highest BCUT2D eigenvalue weighted by molar-refractivity contribution is 5.81. The number of rotatable bonds is 8. The third-order valence-electron chi connectivity index (χ3n) is 3.76. The van der Waals surface area contributed by atoms with Gasteiger partial charge < -0.3 is 10.6 Å². The minimum atomic E-state index is 0.0399. The summed E-state index contributed by atoms with van der Waals surface area (Å²) in [6.07, 6.45) is 11.1. The molecule has 18 heavy (non-hydrogen) atoms. The van der Waals surface area contributed by atoms with Crippen LogP contribution in [0.5, 0.6) is 0 Å². The van der Waals surface area contributed by atoms with E-state index in [-0.39, 0.29) is 11.9 Å². The predicted molar refractivity (Wildman–Crippen MR) is 76.6 cm³/mol. The van der Waals surface area contributed by atoms with Crippen LogP contribution in [0.2, 0.25) is 0 Å². The fourth-order valence-corrected chi connectivity index (χ4v) is 2.58. The lowest BCUT2D eigenvalue weighted by atomic mass is 10.1. The zero-order valence-electron chi connectivity index (χ0n) is 12.1. The molecule has 2 N–H and O–H groups in total. The SMILES string of the molecule is CCCCCCCC(C)NC1CCCCNC1=O. The minimum absolute atomic E-state index is 0.0399. The quantitative estimate of drug-likeness (QED) is 0.654. The predicted octanol–water partition coefficient (Wildman–Crippen LogP) is 2.99. The van der Waals surface area contributed by atoms with Gasteiger partial charge in [-0.2, -0.15) is 0 Å². The van der Waals surface area contributed by atoms with Gasteiger partial charge in [-0.05, 0) is 32.6 Å². The molecule has 106 valence electrons. The Morgan fingerprint density at radius 1 is 1.28 bits per heavy atom. The summed E-state index contributed by atoms with van der Waals surface area (Å²) < 4.78 is 0. The van der Waals surface area contributed by atoms with E-state index in [9.17, 15) is 4.79 Å². The Balaban J connectivity index is 2.13. The Labute approximate surface area is 112 Å². The maximum Gasteiger partial charge on any atom is 0.237 e. The Morgan fingerprint density at radius 2 is 2.06 bits per heavy atom. The van der Waals surface area contributed by atoms with Crippen LogP contribution in [-0.4, -0.2) is 24.5 Å². The number of unbranched alkanes of at least 4 members (excludes halogenated alkanes) is 4. The molecule has 1 rings (SSSR count). The van der Waals surface area contributed by atoms with Gasteiger partial charge in [-0.3, -0.25) is 4.79 Å². The average Bonchev–Trinajstić information content (AvgIpc) is 2.55. The molecule has 1 saturated heterocycles.